The number of benzene rings is 2. The van der Waals surface area contributed by atoms with Crippen LogP contribution in [0.1, 0.15) is 38.2 Å². The molecule has 0 saturated heterocycles. The second-order valence-corrected chi connectivity index (χ2v) is 7.26. The maximum absolute atomic E-state index is 11.3. The van der Waals surface area contributed by atoms with Crippen LogP contribution < -0.4 is 10.1 Å². The number of ether oxygens (including phenoxy) is 1. The molecule has 1 aromatic heterocycles. The summed E-state index contributed by atoms with van der Waals surface area (Å²) in [4.78, 5) is 19.7. The number of aromatic nitrogens is 2. The van der Waals surface area contributed by atoms with Gasteiger partial charge in [-0.3, -0.25) is 4.79 Å². The Morgan fingerprint density at radius 2 is 1.83 bits per heavy atom. The third-order valence-corrected chi connectivity index (χ3v) is 5.02. The smallest absolute Gasteiger partial charge is 0.316 e. The molecule has 0 aliphatic carbocycles. The van der Waals surface area contributed by atoms with Crippen LogP contribution in [0.3, 0.4) is 0 Å². The number of carbonyl (C=O) groups is 1. The molecule has 6 nitrogen and oxygen atoms in total. The first-order chi connectivity index (χ1) is 14.5. The molecule has 1 unspecified atom stereocenters. The molecule has 30 heavy (non-hydrogen) atoms. The van der Waals surface area contributed by atoms with Crippen molar-refractivity contribution in [2.24, 2.45) is 0 Å². The molecule has 2 N–H and O–H groups in total. The average Bonchev–Trinajstić information content (AvgIpc) is 2.74. The Balaban J connectivity index is 1.99. The number of hydrogen-bond acceptors (Lipinski definition) is 5. The first kappa shape index (κ1) is 21.6. The Bertz CT molecular complexity index is 992. The lowest BCUT2D eigenvalue weighted by atomic mass is 9.90. The van der Waals surface area contributed by atoms with Gasteiger partial charge in [-0.05, 0) is 48.6 Å². The molecule has 0 radical (unpaired) electrons. The summed E-state index contributed by atoms with van der Waals surface area (Å²) in [6.07, 6.45) is 4.14. The molecule has 156 valence electrons. The monoisotopic (exact) mass is 425 g/mol. The highest BCUT2D eigenvalue weighted by Gasteiger charge is 2.16. The molecular weight excluding hydrogens is 402 g/mol. The molecular formula is C23H24ClN3O3. The number of hydrogen-bond donors (Lipinski definition) is 2. The first-order valence-electron chi connectivity index (χ1n) is 9.83. The fourth-order valence-corrected chi connectivity index (χ4v) is 3.37. The number of rotatable bonds is 9. The van der Waals surface area contributed by atoms with Gasteiger partial charge in [0.15, 0.2) is 0 Å². The summed E-state index contributed by atoms with van der Waals surface area (Å²) in [5.41, 5.74) is 4.47. The molecule has 0 fully saturated rings. The number of carboxylic acids is 1. The van der Waals surface area contributed by atoms with E-state index in [4.69, 9.17) is 16.3 Å². The Morgan fingerprint density at radius 1 is 1.13 bits per heavy atom. The molecule has 0 spiro atoms. The normalized spacial score (nSPS) is 11.7. The predicted octanol–water partition coefficient (Wildman–Crippen LogP) is 5.91. The first-order valence-corrected chi connectivity index (χ1v) is 10.2. The van der Waals surface area contributed by atoms with Gasteiger partial charge in [0, 0.05) is 16.3 Å². The minimum Gasteiger partial charge on any atom is -0.481 e. The second kappa shape index (κ2) is 10.1. The van der Waals surface area contributed by atoms with Crippen LogP contribution in [-0.2, 0) is 4.79 Å². The van der Waals surface area contributed by atoms with Crippen molar-refractivity contribution in [2.45, 2.75) is 32.6 Å². The quantitative estimate of drug-likeness (QED) is 0.443. The average molecular weight is 426 g/mol. The summed E-state index contributed by atoms with van der Waals surface area (Å²) in [5, 5.41) is 13.3. The SMILES string of the molecule is CCOc1ncc(Nc2cc(C(CC)CC(=O)O)ccc2-c2ccc(Cl)cc2)cn1. The minimum absolute atomic E-state index is 0.0705. The van der Waals surface area contributed by atoms with Crippen molar-refractivity contribution >= 4 is 28.9 Å². The van der Waals surface area contributed by atoms with E-state index in [0.29, 0.717) is 23.3 Å². The van der Waals surface area contributed by atoms with E-state index in [0.717, 1.165) is 28.8 Å². The highest BCUT2D eigenvalue weighted by Crippen LogP contribution is 2.35. The van der Waals surface area contributed by atoms with E-state index in [-0.39, 0.29) is 12.3 Å². The molecule has 0 aliphatic rings. The molecule has 3 rings (SSSR count). The van der Waals surface area contributed by atoms with E-state index in [2.05, 4.69) is 15.3 Å². The van der Waals surface area contributed by atoms with Crippen LogP contribution >= 0.6 is 11.6 Å². The third kappa shape index (κ3) is 5.48. The van der Waals surface area contributed by atoms with E-state index >= 15 is 0 Å². The zero-order valence-electron chi connectivity index (χ0n) is 16.9. The van der Waals surface area contributed by atoms with Gasteiger partial charge < -0.3 is 15.2 Å². The molecule has 1 atom stereocenters. The molecule has 1 heterocycles. The number of anilines is 2. The van der Waals surface area contributed by atoms with E-state index in [1.165, 1.54) is 0 Å². The van der Waals surface area contributed by atoms with Gasteiger partial charge in [0.1, 0.15) is 0 Å². The van der Waals surface area contributed by atoms with Crippen LogP contribution in [0.5, 0.6) is 6.01 Å². The molecule has 0 aliphatic heterocycles. The minimum atomic E-state index is -0.807. The fraction of sp³-hybridized carbons (Fsp3) is 0.261. The van der Waals surface area contributed by atoms with Crippen LogP contribution in [0.25, 0.3) is 11.1 Å². The van der Waals surface area contributed by atoms with Crippen LogP contribution in [0.2, 0.25) is 5.02 Å². The van der Waals surface area contributed by atoms with Crippen molar-refractivity contribution in [2.75, 3.05) is 11.9 Å². The number of carboxylic acid groups (broad SMARTS) is 1. The van der Waals surface area contributed by atoms with Crippen LogP contribution in [0.4, 0.5) is 11.4 Å². The summed E-state index contributed by atoms with van der Waals surface area (Å²) in [5.74, 6) is -0.878. The van der Waals surface area contributed by atoms with Gasteiger partial charge in [-0.15, -0.1) is 0 Å². The molecule has 7 heteroatoms. The number of nitrogens with zero attached hydrogens (tertiary/aromatic N) is 2. The largest absolute Gasteiger partial charge is 0.481 e. The summed E-state index contributed by atoms with van der Waals surface area (Å²) in [6.45, 7) is 4.37. The standard InChI is InChI=1S/C23H24ClN3O3/c1-3-15(12-22(28)29)17-7-10-20(16-5-8-18(24)9-6-16)21(11-17)27-19-13-25-23(26-14-19)30-4-2/h5-11,13-15,27H,3-4,12H2,1-2H3,(H,28,29). The van der Waals surface area contributed by atoms with E-state index in [1.54, 1.807) is 12.4 Å². The fourth-order valence-electron chi connectivity index (χ4n) is 3.25. The molecule has 3 aromatic rings. The predicted molar refractivity (Wildman–Crippen MR) is 119 cm³/mol. The highest BCUT2D eigenvalue weighted by atomic mass is 35.5. The van der Waals surface area contributed by atoms with Crippen molar-refractivity contribution in [3.8, 4) is 17.1 Å². The molecule has 2 aromatic carbocycles. The van der Waals surface area contributed by atoms with Gasteiger partial charge in [0.2, 0.25) is 0 Å². The van der Waals surface area contributed by atoms with E-state index in [1.807, 2.05) is 56.3 Å². The lowest BCUT2D eigenvalue weighted by Gasteiger charge is -2.18. The van der Waals surface area contributed by atoms with Crippen molar-refractivity contribution < 1.29 is 14.6 Å². The second-order valence-electron chi connectivity index (χ2n) is 6.83. The van der Waals surface area contributed by atoms with Crippen LogP contribution in [-0.4, -0.2) is 27.7 Å². The van der Waals surface area contributed by atoms with E-state index in [9.17, 15) is 9.90 Å². The number of halogens is 1. The van der Waals surface area contributed by atoms with Gasteiger partial charge in [-0.25, -0.2) is 9.97 Å². The Labute approximate surface area is 180 Å². The van der Waals surface area contributed by atoms with Crippen molar-refractivity contribution in [3.63, 3.8) is 0 Å². The van der Waals surface area contributed by atoms with Crippen LogP contribution in [0.15, 0.2) is 54.9 Å². The summed E-state index contributed by atoms with van der Waals surface area (Å²) in [7, 11) is 0. The van der Waals surface area contributed by atoms with Gasteiger partial charge >= 0.3 is 12.0 Å². The van der Waals surface area contributed by atoms with Crippen molar-refractivity contribution in [1.29, 1.82) is 0 Å². The topological polar surface area (TPSA) is 84.3 Å². The summed E-state index contributed by atoms with van der Waals surface area (Å²) < 4.78 is 5.30. The summed E-state index contributed by atoms with van der Waals surface area (Å²) in [6, 6.07) is 13.9. The van der Waals surface area contributed by atoms with Gasteiger partial charge in [-0.1, -0.05) is 42.8 Å². The van der Waals surface area contributed by atoms with Gasteiger partial charge in [-0.2, -0.15) is 0 Å². The maximum atomic E-state index is 11.3. The van der Waals surface area contributed by atoms with E-state index < -0.39 is 5.97 Å². The Kier molecular flexibility index (Phi) is 7.25. The zero-order chi connectivity index (χ0) is 21.5. The number of nitrogens with one attached hydrogen (secondary N) is 1. The Hall–Kier alpha value is -3.12. The Morgan fingerprint density at radius 3 is 2.43 bits per heavy atom. The van der Waals surface area contributed by atoms with Crippen LogP contribution in [0, 0.1) is 0 Å². The summed E-state index contributed by atoms with van der Waals surface area (Å²) >= 11 is 6.04. The molecule has 0 amide bonds. The molecule has 0 bridgehead atoms. The number of aliphatic carboxylic acids is 1. The third-order valence-electron chi connectivity index (χ3n) is 4.76. The lowest BCUT2D eigenvalue weighted by Crippen LogP contribution is -2.06. The zero-order valence-corrected chi connectivity index (χ0v) is 17.7. The van der Waals surface area contributed by atoms with Gasteiger partial charge in [0.05, 0.1) is 31.1 Å². The lowest BCUT2D eigenvalue weighted by molar-refractivity contribution is -0.137. The van der Waals surface area contributed by atoms with Crippen molar-refractivity contribution in [3.05, 3.63) is 65.4 Å². The maximum Gasteiger partial charge on any atom is 0.316 e. The van der Waals surface area contributed by atoms with Gasteiger partial charge in [0.25, 0.3) is 0 Å². The van der Waals surface area contributed by atoms with Crippen molar-refractivity contribution in [1.82, 2.24) is 9.97 Å². The molecule has 0 saturated carbocycles. The highest BCUT2D eigenvalue weighted by molar-refractivity contribution is 6.30.